The van der Waals surface area contributed by atoms with Crippen LogP contribution in [0.25, 0.3) is 10.2 Å². The SMILES string of the molecule is NS(=O)(=O)c1nc2c(C3CCCCC3)cccc2s1. The topological polar surface area (TPSA) is 73.1 Å². The number of fused-ring (bicyclic) bond motifs is 1. The van der Waals surface area contributed by atoms with Gasteiger partial charge in [0.1, 0.15) is 0 Å². The van der Waals surface area contributed by atoms with Gasteiger partial charge in [0, 0.05) is 0 Å². The summed E-state index contributed by atoms with van der Waals surface area (Å²) >= 11 is 1.16. The number of primary sulfonamides is 1. The van der Waals surface area contributed by atoms with Crippen LogP contribution in [0.4, 0.5) is 0 Å². The fourth-order valence-electron chi connectivity index (χ4n) is 2.81. The quantitative estimate of drug-likeness (QED) is 0.926. The van der Waals surface area contributed by atoms with Crippen LogP contribution in [-0.2, 0) is 10.0 Å². The van der Waals surface area contributed by atoms with E-state index >= 15 is 0 Å². The Morgan fingerprint density at radius 1 is 1.21 bits per heavy atom. The summed E-state index contributed by atoms with van der Waals surface area (Å²) in [6, 6.07) is 5.97. The molecule has 1 aromatic heterocycles. The predicted molar refractivity (Wildman–Crippen MR) is 76.8 cm³/mol. The number of para-hydroxylation sites is 1. The van der Waals surface area contributed by atoms with Crippen LogP contribution >= 0.6 is 11.3 Å². The van der Waals surface area contributed by atoms with E-state index in [9.17, 15) is 8.42 Å². The van der Waals surface area contributed by atoms with Gasteiger partial charge in [-0.2, -0.15) is 0 Å². The van der Waals surface area contributed by atoms with E-state index in [1.165, 1.54) is 37.7 Å². The Kier molecular flexibility index (Phi) is 3.32. The lowest BCUT2D eigenvalue weighted by Gasteiger charge is -2.22. The fraction of sp³-hybridized carbons (Fsp3) is 0.462. The van der Waals surface area contributed by atoms with Crippen molar-refractivity contribution in [1.82, 2.24) is 4.98 Å². The van der Waals surface area contributed by atoms with E-state index in [4.69, 9.17) is 5.14 Å². The molecule has 0 spiro atoms. The zero-order valence-electron chi connectivity index (χ0n) is 10.5. The molecule has 0 bridgehead atoms. The second kappa shape index (κ2) is 4.85. The molecule has 0 aliphatic heterocycles. The van der Waals surface area contributed by atoms with E-state index in [2.05, 4.69) is 11.1 Å². The van der Waals surface area contributed by atoms with Gasteiger partial charge in [0.15, 0.2) is 0 Å². The van der Waals surface area contributed by atoms with Gasteiger partial charge in [-0.1, -0.05) is 31.4 Å². The van der Waals surface area contributed by atoms with E-state index in [1.807, 2.05) is 12.1 Å². The van der Waals surface area contributed by atoms with Crippen LogP contribution < -0.4 is 5.14 Å². The van der Waals surface area contributed by atoms with Gasteiger partial charge >= 0.3 is 0 Å². The molecule has 4 nitrogen and oxygen atoms in total. The average molecular weight is 296 g/mol. The normalized spacial score (nSPS) is 17.9. The van der Waals surface area contributed by atoms with Crippen molar-refractivity contribution in [2.24, 2.45) is 5.14 Å². The van der Waals surface area contributed by atoms with E-state index in [-0.39, 0.29) is 4.34 Å². The summed E-state index contributed by atoms with van der Waals surface area (Å²) in [5, 5.41) is 5.17. The van der Waals surface area contributed by atoms with Crippen LogP contribution in [0, 0.1) is 0 Å². The first-order chi connectivity index (χ1) is 9.05. The lowest BCUT2D eigenvalue weighted by atomic mass is 9.84. The number of thiazole rings is 1. The van der Waals surface area contributed by atoms with Crippen LogP contribution in [0.15, 0.2) is 22.5 Å². The molecule has 2 N–H and O–H groups in total. The third kappa shape index (κ3) is 2.52. The Balaban J connectivity index is 2.12. The highest BCUT2D eigenvalue weighted by Crippen LogP contribution is 2.37. The molecule has 0 amide bonds. The molecule has 2 aromatic rings. The Morgan fingerprint density at radius 3 is 2.63 bits per heavy atom. The minimum atomic E-state index is -3.70. The summed E-state index contributed by atoms with van der Waals surface area (Å²) in [6.45, 7) is 0. The Morgan fingerprint density at radius 2 is 1.95 bits per heavy atom. The number of sulfonamides is 1. The average Bonchev–Trinajstić information content (AvgIpc) is 2.83. The number of aromatic nitrogens is 1. The zero-order chi connectivity index (χ0) is 13.5. The molecule has 19 heavy (non-hydrogen) atoms. The minimum Gasteiger partial charge on any atom is -0.224 e. The maximum Gasteiger partial charge on any atom is 0.265 e. The Labute approximate surface area is 116 Å². The molecule has 1 fully saturated rings. The maximum atomic E-state index is 11.4. The fourth-order valence-corrected chi connectivity index (χ4v) is 4.50. The van der Waals surface area contributed by atoms with E-state index < -0.39 is 10.0 Å². The van der Waals surface area contributed by atoms with Gasteiger partial charge in [-0.3, -0.25) is 0 Å². The lowest BCUT2D eigenvalue weighted by Crippen LogP contribution is -2.11. The highest BCUT2D eigenvalue weighted by molar-refractivity contribution is 7.91. The molecule has 102 valence electrons. The van der Waals surface area contributed by atoms with Crippen LogP contribution in [-0.4, -0.2) is 13.4 Å². The van der Waals surface area contributed by atoms with Crippen LogP contribution in [0.3, 0.4) is 0 Å². The summed E-state index contributed by atoms with van der Waals surface area (Å²) < 4.78 is 23.8. The van der Waals surface area contributed by atoms with Crippen molar-refractivity contribution in [2.75, 3.05) is 0 Å². The molecule has 1 aliphatic carbocycles. The molecule has 1 saturated carbocycles. The van der Waals surface area contributed by atoms with Crippen molar-refractivity contribution in [3.05, 3.63) is 23.8 Å². The van der Waals surface area contributed by atoms with Crippen molar-refractivity contribution in [1.29, 1.82) is 0 Å². The maximum absolute atomic E-state index is 11.4. The van der Waals surface area contributed by atoms with Gasteiger partial charge < -0.3 is 0 Å². The molecule has 0 atom stereocenters. The molecule has 1 aromatic carbocycles. The van der Waals surface area contributed by atoms with E-state index in [0.717, 1.165) is 21.6 Å². The van der Waals surface area contributed by atoms with Gasteiger partial charge in [0.2, 0.25) is 4.34 Å². The summed E-state index contributed by atoms with van der Waals surface area (Å²) in [7, 11) is -3.70. The first-order valence-electron chi connectivity index (χ1n) is 6.48. The van der Waals surface area contributed by atoms with Crippen LogP contribution in [0.1, 0.15) is 43.6 Å². The van der Waals surface area contributed by atoms with Gasteiger partial charge in [0.05, 0.1) is 10.2 Å². The number of benzene rings is 1. The van der Waals surface area contributed by atoms with Gasteiger partial charge in [-0.05, 0) is 30.4 Å². The van der Waals surface area contributed by atoms with Gasteiger partial charge in [-0.25, -0.2) is 18.5 Å². The van der Waals surface area contributed by atoms with E-state index in [0.29, 0.717) is 5.92 Å². The number of rotatable bonds is 2. The molecular weight excluding hydrogens is 280 g/mol. The minimum absolute atomic E-state index is 0.0192. The molecule has 0 unspecified atom stereocenters. The lowest BCUT2D eigenvalue weighted by molar-refractivity contribution is 0.445. The molecule has 3 rings (SSSR count). The summed E-state index contributed by atoms with van der Waals surface area (Å²) in [5.41, 5.74) is 2.01. The standard InChI is InChI=1S/C13H16N2O2S2/c14-19(16,17)13-15-12-10(7-4-8-11(12)18-13)9-5-2-1-3-6-9/h4,7-9H,1-3,5-6H2,(H2,14,16,17). The number of nitrogens with two attached hydrogens (primary N) is 1. The molecular formula is C13H16N2O2S2. The summed E-state index contributed by atoms with van der Waals surface area (Å²) in [6.07, 6.45) is 6.12. The number of hydrogen-bond donors (Lipinski definition) is 1. The third-order valence-electron chi connectivity index (χ3n) is 3.72. The smallest absolute Gasteiger partial charge is 0.224 e. The molecule has 0 saturated heterocycles. The van der Waals surface area contributed by atoms with Crippen LogP contribution in [0.2, 0.25) is 0 Å². The summed E-state index contributed by atoms with van der Waals surface area (Å²) in [4.78, 5) is 4.26. The highest BCUT2D eigenvalue weighted by Gasteiger charge is 2.21. The Hall–Kier alpha value is -0.980. The first-order valence-corrected chi connectivity index (χ1v) is 8.84. The van der Waals surface area contributed by atoms with Crippen molar-refractivity contribution in [2.45, 2.75) is 42.4 Å². The monoisotopic (exact) mass is 296 g/mol. The molecule has 1 aliphatic rings. The number of hydrogen-bond acceptors (Lipinski definition) is 4. The van der Waals surface area contributed by atoms with Gasteiger partial charge in [-0.15, -0.1) is 11.3 Å². The second-order valence-electron chi connectivity index (χ2n) is 5.05. The van der Waals surface area contributed by atoms with Crippen molar-refractivity contribution in [3.8, 4) is 0 Å². The number of nitrogens with zero attached hydrogens (tertiary/aromatic N) is 1. The highest BCUT2D eigenvalue weighted by atomic mass is 32.2. The van der Waals surface area contributed by atoms with E-state index in [1.54, 1.807) is 0 Å². The van der Waals surface area contributed by atoms with Gasteiger partial charge in [0.25, 0.3) is 10.0 Å². The van der Waals surface area contributed by atoms with Crippen molar-refractivity contribution < 1.29 is 8.42 Å². The third-order valence-corrected chi connectivity index (χ3v) is 6.06. The zero-order valence-corrected chi connectivity index (χ0v) is 12.1. The van der Waals surface area contributed by atoms with Crippen molar-refractivity contribution in [3.63, 3.8) is 0 Å². The second-order valence-corrected chi connectivity index (χ2v) is 7.82. The van der Waals surface area contributed by atoms with Crippen LogP contribution in [0.5, 0.6) is 0 Å². The first kappa shape index (κ1) is 13.0. The Bertz CT molecular complexity index is 701. The summed E-state index contributed by atoms with van der Waals surface area (Å²) in [5.74, 6) is 0.507. The molecule has 0 radical (unpaired) electrons. The molecule has 1 heterocycles. The predicted octanol–water partition coefficient (Wildman–Crippen LogP) is 2.99. The van der Waals surface area contributed by atoms with Crippen molar-refractivity contribution >= 4 is 31.6 Å². The molecule has 6 heteroatoms. The largest absolute Gasteiger partial charge is 0.265 e.